The highest BCUT2D eigenvalue weighted by molar-refractivity contribution is 9.10. The van der Waals surface area contributed by atoms with Gasteiger partial charge >= 0.3 is 7.48 Å². The molecule has 4 saturated carbocycles. The predicted octanol–water partition coefficient (Wildman–Crippen LogP) is 4.24. The van der Waals surface area contributed by atoms with Gasteiger partial charge in [0, 0.05) is 21.5 Å². The number of hydrogen-bond acceptors (Lipinski definition) is 2. The molecule has 2 unspecified atom stereocenters. The first-order chi connectivity index (χ1) is 11.7. The Kier molecular flexibility index (Phi) is 2.73. The third-order valence-corrected chi connectivity index (χ3v) is 7.91. The van der Waals surface area contributed by atoms with Gasteiger partial charge in [0.15, 0.2) is 0 Å². The van der Waals surface area contributed by atoms with Crippen LogP contribution in [0.4, 0.5) is 0 Å². The first-order valence-corrected chi connectivity index (χ1v) is 9.98. The Hall–Kier alpha value is -1.23. The number of pyridine rings is 1. The molecular formula is C19H20BBrN2O. The molecule has 0 saturated heterocycles. The van der Waals surface area contributed by atoms with Gasteiger partial charge in [0.1, 0.15) is 11.4 Å². The summed E-state index contributed by atoms with van der Waals surface area (Å²) >= 11 is 4.11. The van der Waals surface area contributed by atoms with E-state index in [2.05, 4.69) is 37.9 Å². The molecule has 0 aromatic carbocycles. The first-order valence-electron chi connectivity index (χ1n) is 9.18. The van der Waals surface area contributed by atoms with Crippen LogP contribution in [0, 0.1) is 23.7 Å². The fourth-order valence-corrected chi connectivity index (χ4v) is 7.75. The molecular weight excluding hydrogens is 363 g/mol. The highest BCUT2D eigenvalue weighted by atomic mass is 79.9. The molecule has 0 spiro atoms. The fourth-order valence-electron chi connectivity index (χ4n) is 6.46. The zero-order valence-electron chi connectivity index (χ0n) is 13.6. The number of H-pyrrole nitrogens is 1. The van der Waals surface area contributed by atoms with Crippen LogP contribution in [0.2, 0.25) is 0 Å². The maximum Gasteiger partial charge on any atom is 0.367 e. The molecule has 1 aliphatic heterocycles. The first kappa shape index (κ1) is 14.0. The molecule has 24 heavy (non-hydrogen) atoms. The molecule has 5 aliphatic rings. The second-order valence-electron chi connectivity index (χ2n) is 8.35. The Morgan fingerprint density at radius 1 is 1.25 bits per heavy atom. The zero-order valence-corrected chi connectivity index (χ0v) is 15.2. The summed E-state index contributed by atoms with van der Waals surface area (Å²) < 4.78 is 6.37. The zero-order chi connectivity index (χ0) is 15.9. The van der Waals surface area contributed by atoms with Crippen LogP contribution >= 0.6 is 15.9 Å². The second kappa shape index (κ2) is 4.69. The van der Waals surface area contributed by atoms with Crippen LogP contribution in [0.15, 0.2) is 24.4 Å². The van der Waals surface area contributed by atoms with Crippen LogP contribution in [-0.4, -0.2) is 21.8 Å². The highest BCUT2D eigenvalue weighted by Gasteiger charge is 2.55. The van der Waals surface area contributed by atoms with Gasteiger partial charge in [0.25, 0.3) is 0 Å². The van der Waals surface area contributed by atoms with Crippen molar-refractivity contribution < 1.29 is 4.65 Å². The van der Waals surface area contributed by atoms with E-state index < -0.39 is 0 Å². The molecule has 4 bridgehead atoms. The number of rotatable bonds is 1. The number of aromatic nitrogens is 2. The van der Waals surface area contributed by atoms with Crippen molar-refractivity contribution in [2.75, 3.05) is 0 Å². The minimum absolute atomic E-state index is 0.441. The summed E-state index contributed by atoms with van der Waals surface area (Å²) in [5, 5.41) is 1.22. The van der Waals surface area contributed by atoms with Gasteiger partial charge in [0.2, 0.25) is 0 Å². The molecule has 5 heteroatoms. The standard InChI is InChI=1S/C19H20BBrN2O/c21-19-5-10-3-11(6-19)16(12(4-10)7-19)14-8-20-24-15-9-23-18-13(17(14)15)1-2-22-18/h1-2,8-12,16,20H,3-7H2,(H,22,23). The summed E-state index contributed by atoms with van der Waals surface area (Å²) in [6.45, 7) is 0. The number of allylic oxidation sites excluding steroid dienone is 1. The Balaban J connectivity index is 1.50. The minimum atomic E-state index is 0.441. The molecule has 7 rings (SSSR count). The van der Waals surface area contributed by atoms with E-state index in [4.69, 9.17) is 4.65 Å². The van der Waals surface area contributed by atoms with Crippen molar-refractivity contribution in [2.45, 2.75) is 36.4 Å². The lowest BCUT2D eigenvalue weighted by Crippen LogP contribution is -2.52. The minimum Gasteiger partial charge on any atom is -0.558 e. The van der Waals surface area contributed by atoms with Gasteiger partial charge in [-0.2, -0.15) is 0 Å². The number of fused-ring (bicyclic) bond motifs is 3. The molecule has 122 valence electrons. The maximum absolute atomic E-state index is 5.93. The number of nitrogens with zero attached hydrogens (tertiary/aromatic N) is 1. The second-order valence-corrected chi connectivity index (χ2v) is 10.0. The van der Waals surface area contributed by atoms with Gasteiger partial charge in [-0.3, -0.25) is 0 Å². The Morgan fingerprint density at radius 2 is 2.08 bits per heavy atom. The third kappa shape index (κ3) is 1.82. The van der Waals surface area contributed by atoms with E-state index in [-0.39, 0.29) is 0 Å². The molecule has 3 nitrogen and oxygen atoms in total. The van der Waals surface area contributed by atoms with Crippen molar-refractivity contribution in [3.8, 4) is 5.75 Å². The van der Waals surface area contributed by atoms with Gasteiger partial charge in [0.05, 0.1) is 6.20 Å². The third-order valence-electron chi connectivity index (χ3n) is 6.94. The van der Waals surface area contributed by atoms with Crippen LogP contribution in [0.25, 0.3) is 16.6 Å². The molecule has 2 aromatic heterocycles. The lowest BCUT2D eigenvalue weighted by atomic mass is 9.49. The van der Waals surface area contributed by atoms with Crippen LogP contribution in [0.3, 0.4) is 0 Å². The van der Waals surface area contributed by atoms with Gasteiger partial charge in [-0.25, -0.2) is 4.98 Å². The van der Waals surface area contributed by atoms with E-state index in [1.54, 1.807) is 5.57 Å². The molecule has 0 amide bonds. The summed E-state index contributed by atoms with van der Waals surface area (Å²) in [4.78, 5) is 7.78. The molecule has 1 N–H and O–H groups in total. The van der Waals surface area contributed by atoms with E-state index in [1.165, 1.54) is 43.1 Å². The summed E-state index contributed by atoms with van der Waals surface area (Å²) in [6, 6.07) is 2.16. The molecule has 2 atom stereocenters. The van der Waals surface area contributed by atoms with E-state index in [1.807, 2.05) is 12.4 Å². The highest BCUT2D eigenvalue weighted by Crippen LogP contribution is 2.64. The summed E-state index contributed by atoms with van der Waals surface area (Å²) in [5.74, 6) is 6.65. The lowest BCUT2D eigenvalue weighted by molar-refractivity contribution is 0.00747. The number of alkyl halides is 1. The van der Waals surface area contributed by atoms with Crippen LogP contribution < -0.4 is 4.65 Å². The maximum atomic E-state index is 5.93. The predicted molar refractivity (Wildman–Crippen MR) is 101 cm³/mol. The van der Waals surface area contributed by atoms with E-state index >= 15 is 0 Å². The molecule has 3 heterocycles. The monoisotopic (exact) mass is 382 g/mol. The van der Waals surface area contributed by atoms with Gasteiger partial charge in [-0.15, -0.1) is 0 Å². The van der Waals surface area contributed by atoms with E-state index in [0.717, 1.165) is 29.2 Å². The van der Waals surface area contributed by atoms with E-state index in [0.29, 0.717) is 17.7 Å². The fraction of sp³-hybridized carbons (Fsp3) is 0.526. The van der Waals surface area contributed by atoms with Crippen molar-refractivity contribution in [3.05, 3.63) is 30.0 Å². The van der Waals surface area contributed by atoms with Crippen LogP contribution in [0.1, 0.15) is 37.7 Å². The Bertz CT molecular complexity index is 859. The number of nitrogens with one attached hydrogen (secondary N) is 1. The van der Waals surface area contributed by atoms with Gasteiger partial charge in [-0.05, 0) is 67.4 Å². The smallest absolute Gasteiger partial charge is 0.367 e. The summed E-state index contributed by atoms with van der Waals surface area (Å²) in [7, 11) is 0.693. The van der Waals surface area contributed by atoms with Crippen molar-refractivity contribution in [3.63, 3.8) is 0 Å². The molecule has 4 aliphatic carbocycles. The van der Waals surface area contributed by atoms with Crippen LogP contribution in [0.5, 0.6) is 5.75 Å². The molecule has 0 radical (unpaired) electrons. The van der Waals surface area contributed by atoms with Crippen molar-refractivity contribution in [1.82, 2.24) is 9.97 Å². The van der Waals surface area contributed by atoms with Crippen LogP contribution in [-0.2, 0) is 0 Å². The quantitative estimate of drug-likeness (QED) is 0.591. The Morgan fingerprint density at radius 3 is 2.88 bits per heavy atom. The molecule has 2 aromatic rings. The number of halogens is 1. The average Bonchev–Trinajstić information content (AvgIpc) is 3.01. The van der Waals surface area contributed by atoms with Gasteiger partial charge < -0.3 is 9.64 Å². The largest absolute Gasteiger partial charge is 0.558 e. The average molecular weight is 383 g/mol. The number of aromatic amines is 1. The summed E-state index contributed by atoms with van der Waals surface area (Å²) in [6.07, 6.45) is 10.8. The summed E-state index contributed by atoms with van der Waals surface area (Å²) in [5.41, 5.74) is 3.84. The van der Waals surface area contributed by atoms with Crippen molar-refractivity contribution in [2.24, 2.45) is 23.7 Å². The van der Waals surface area contributed by atoms with E-state index in [9.17, 15) is 0 Å². The van der Waals surface area contributed by atoms with Crippen molar-refractivity contribution >= 4 is 40.0 Å². The number of hydrogen-bond donors (Lipinski definition) is 1. The Labute approximate surface area is 150 Å². The molecule has 4 fully saturated rings. The lowest BCUT2D eigenvalue weighted by Gasteiger charge is -2.59. The normalized spacial score (nSPS) is 39.3. The topological polar surface area (TPSA) is 37.9 Å². The van der Waals surface area contributed by atoms with Crippen molar-refractivity contribution in [1.29, 1.82) is 0 Å². The SMILES string of the molecule is BrC12CC3CC(C1)C(C1=CBOc4cnc5[nH]ccc5c41)C(C3)C2. The van der Waals surface area contributed by atoms with Gasteiger partial charge in [-0.1, -0.05) is 21.9 Å².